The van der Waals surface area contributed by atoms with Gasteiger partial charge in [-0.05, 0) is 49.2 Å². The van der Waals surface area contributed by atoms with Crippen LogP contribution in [0.1, 0.15) is 24.8 Å². The van der Waals surface area contributed by atoms with E-state index in [0.29, 0.717) is 0 Å². The number of benzene rings is 1. The van der Waals surface area contributed by atoms with Crippen molar-refractivity contribution in [2.24, 2.45) is 5.92 Å². The number of aromatic nitrogens is 2. The van der Waals surface area contributed by atoms with Gasteiger partial charge in [0.1, 0.15) is 0 Å². The van der Waals surface area contributed by atoms with Crippen molar-refractivity contribution in [3.63, 3.8) is 0 Å². The summed E-state index contributed by atoms with van der Waals surface area (Å²) in [5.41, 5.74) is 3.71. The largest absolute Gasteiger partial charge is 0.331 e. The number of rotatable bonds is 3. The first kappa shape index (κ1) is 10.1. The predicted octanol–water partition coefficient (Wildman–Crippen LogP) is 3.81. The summed E-state index contributed by atoms with van der Waals surface area (Å²) in [7, 11) is 0. The van der Waals surface area contributed by atoms with Gasteiger partial charge >= 0.3 is 0 Å². The third kappa shape index (κ3) is 1.80. The van der Waals surface area contributed by atoms with E-state index in [9.17, 15) is 0 Å². The van der Waals surface area contributed by atoms with E-state index < -0.39 is 0 Å². The Morgan fingerprint density at radius 2 is 2.25 bits per heavy atom. The zero-order valence-corrected chi connectivity index (χ0v) is 10.3. The van der Waals surface area contributed by atoms with Crippen LogP contribution in [-0.2, 0) is 6.54 Å². The maximum absolute atomic E-state index is 5.38. The van der Waals surface area contributed by atoms with Gasteiger partial charge in [-0.1, -0.05) is 18.9 Å². The summed E-state index contributed by atoms with van der Waals surface area (Å²) in [5, 5.41) is 0. The molecule has 0 atom stereocenters. The lowest BCUT2D eigenvalue weighted by Gasteiger charge is -2.03. The van der Waals surface area contributed by atoms with Crippen LogP contribution in [0.3, 0.4) is 0 Å². The first-order chi connectivity index (χ1) is 7.74. The third-order valence-corrected chi connectivity index (χ3v) is 3.71. The number of imidazole rings is 1. The lowest BCUT2D eigenvalue weighted by Crippen LogP contribution is -1.98. The van der Waals surface area contributed by atoms with Crippen LogP contribution >= 0.6 is 12.2 Å². The zero-order chi connectivity index (χ0) is 11.1. The van der Waals surface area contributed by atoms with Crippen molar-refractivity contribution in [2.75, 3.05) is 0 Å². The molecule has 0 saturated heterocycles. The fourth-order valence-corrected chi connectivity index (χ4v) is 2.50. The number of hydrogen-bond donors (Lipinski definition) is 1. The topological polar surface area (TPSA) is 20.7 Å². The molecule has 1 N–H and O–H groups in total. The second-order valence-corrected chi connectivity index (χ2v) is 5.22. The number of nitrogens with zero attached hydrogens (tertiary/aromatic N) is 1. The summed E-state index contributed by atoms with van der Waals surface area (Å²) in [5.74, 6) is 0.955. The monoisotopic (exact) mass is 232 g/mol. The molecular formula is C13H16N2S. The van der Waals surface area contributed by atoms with E-state index in [0.717, 1.165) is 22.8 Å². The summed E-state index contributed by atoms with van der Waals surface area (Å²) in [6, 6.07) is 6.46. The molecule has 0 unspecified atom stereocenters. The van der Waals surface area contributed by atoms with Crippen molar-refractivity contribution in [3.8, 4) is 0 Å². The number of nitrogens with one attached hydrogen (secondary N) is 1. The van der Waals surface area contributed by atoms with E-state index in [2.05, 4.69) is 34.7 Å². The second kappa shape index (κ2) is 3.74. The molecule has 84 valence electrons. The standard InChI is InChI=1S/C13H16N2S/c1-9-2-5-11-12(8-9)15(13(16)14-11)7-6-10-3-4-10/h2,5,8,10H,3-4,6-7H2,1H3,(H,14,16). The molecular weight excluding hydrogens is 216 g/mol. The average molecular weight is 232 g/mol. The molecule has 2 aromatic rings. The van der Waals surface area contributed by atoms with Crippen molar-refractivity contribution in [1.29, 1.82) is 0 Å². The Kier molecular flexibility index (Phi) is 2.36. The van der Waals surface area contributed by atoms with Gasteiger partial charge in [-0.15, -0.1) is 0 Å². The van der Waals surface area contributed by atoms with Crippen molar-refractivity contribution in [1.82, 2.24) is 9.55 Å². The Balaban J connectivity index is 2.02. The van der Waals surface area contributed by atoms with Crippen LogP contribution in [0.4, 0.5) is 0 Å². The lowest BCUT2D eigenvalue weighted by atomic mass is 10.2. The van der Waals surface area contributed by atoms with Crippen molar-refractivity contribution in [3.05, 3.63) is 28.5 Å². The molecule has 1 aliphatic rings. The molecule has 16 heavy (non-hydrogen) atoms. The summed E-state index contributed by atoms with van der Waals surface area (Å²) < 4.78 is 3.11. The molecule has 1 saturated carbocycles. The molecule has 1 heterocycles. The summed E-state index contributed by atoms with van der Waals surface area (Å²) in [6.45, 7) is 3.19. The third-order valence-electron chi connectivity index (χ3n) is 3.39. The molecule has 1 aromatic carbocycles. The second-order valence-electron chi connectivity index (χ2n) is 4.83. The minimum absolute atomic E-state index is 0.862. The number of hydrogen-bond acceptors (Lipinski definition) is 1. The molecule has 1 aliphatic carbocycles. The fourth-order valence-electron chi connectivity index (χ4n) is 2.20. The molecule has 0 radical (unpaired) electrons. The number of aryl methyl sites for hydroxylation is 2. The van der Waals surface area contributed by atoms with Crippen LogP contribution in [0.5, 0.6) is 0 Å². The first-order valence-corrected chi connectivity index (χ1v) is 6.34. The smallest absolute Gasteiger partial charge is 0.178 e. The van der Waals surface area contributed by atoms with Gasteiger partial charge in [-0.25, -0.2) is 0 Å². The molecule has 0 amide bonds. The normalized spacial score (nSPS) is 15.8. The van der Waals surface area contributed by atoms with Gasteiger partial charge in [0.15, 0.2) is 4.77 Å². The number of aromatic amines is 1. The maximum Gasteiger partial charge on any atom is 0.178 e. The summed E-state index contributed by atoms with van der Waals surface area (Å²) >= 11 is 5.38. The van der Waals surface area contributed by atoms with Crippen LogP contribution < -0.4 is 0 Å². The average Bonchev–Trinajstić information content (AvgIpc) is 3.01. The summed E-state index contributed by atoms with van der Waals surface area (Å²) in [6.07, 6.45) is 4.10. The minimum atomic E-state index is 0.862. The van der Waals surface area contributed by atoms with E-state index in [-0.39, 0.29) is 0 Å². The Bertz CT molecular complexity index is 575. The molecule has 1 aromatic heterocycles. The van der Waals surface area contributed by atoms with Crippen molar-refractivity contribution in [2.45, 2.75) is 32.7 Å². The Morgan fingerprint density at radius 1 is 1.44 bits per heavy atom. The van der Waals surface area contributed by atoms with E-state index >= 15 is 0 Å². The highest BCUT2D eigenvalue weighted by molar-refractivity contribution is 7.71. The quantitative estimate of drug-likeness (QED) is 0.798. The van der Waals surface area contributed by atoms with Gasteiger partial charge in [0, 0.05) is 6.54 Å². The van der Waals surface area contributed by atoms with Gasteiger partial charge < -0.3 is 9.55 Å². The Labute approximate surface area is 100 Å². The van der Waals surface area contributed by atoms with Gasteiger partial charge in [0.2, 0.25) is 0 Å². The summed E-state index contributed by atoms with van der Waals surface area (Å²) in [4.78, 5) is 3.28. The number of fused-ring (bicyclic) bond motifs is 1. The van der Waals surface area contributed by atoms with Crippen LogP contribution in [0.2, 0.25) is 0 Å². The highest BCUT2D eigenvalue weighted by atomic mass is 32.1. The van der Waals surface area contributed by atoms with Crippen LogP contribution in [0, 0.1) is 17.6 Å². The maximum atomic E-state index is 5.38. The van der Waals surface area contributed by atoms with Gasteiger partial charge in [0.25, 0.3) is 0 Å². The van der Waals surface area contributed by atoms with Crippen LogP contribution in [0.25, 0.3) is 11.0 Å². The fraction of sp³-hybridized carbons (Fsp3) is 0.462. The van der Waals surface area contributed by atoms with E-state index in [1.54, 1.807) is 0 Å². The van der Waals surface area contributed by atoms with Gasteiger partial charge in [-0.3, -0.25) is 0 Å². The zero-order valence-electron chi connectivity index (χ0n) is 9.49. The Morgan fingerprint density at radius 3 is 3.00 bits per heavy atom. The first-order valence-electron chi connectivity index (χ1n) is 5.93. The minimum Gasteiger partial charge on any atom is -0.331 e. The SMILES string of the molecule is Cc1ccc2[nH]c(=S)n(CCC3CC3)c2c1. The lowest BCUT2D eigenvalue weighted by molar-refractivity contribution is 0.603. The molecule has 0 aliphatic heterocycles. The highest BCUT2D eigenvalue weighted by Crippen LogP contribution is 2.33. The molecule has 3 heteroatoms. The van der Waals surface area contributed by atoms with Crippen LogP contribution in [0.15, 0.2) is 18.2 Å². The van der Waals surface area contributed by atoms with E-state index in [1.165, 1.54) is 30.3 Å². The predicted molar refractivity (Wildman–Crippen MR) is 69.2 cm³/mol. The van der Waals surface area contributed by atoms with Gasteiger partial charge in [0.05, 0.1) is 11.0 Å². The van der Waals surface area contributed by atoms with Crippen molar-refractivity contribution >= 4 is 23.3 Å². The molecule has 0 spiro atoms. The van der Waals surface area contributed by atoms with Crippen molar-refractivity contribution < 1.29 is 0 Å². The molecule has 1 fully saturated rings. The molecule has 3 rings (SSSR count). The highest BCUT2D eigenvalue weighted by Gasteiger charge is 2.21. The number of H-pyrrole nitrogens is 1. The van der Waals surface area contributed by atoms with E-state index in [1.807, 2.05) is 0 Å². The van der Waals surface area contributed by atoms with Gasteiger partial charge in [-0.2, -0.15) is 0 Å². The molecule has 2 nitrogen and oxygen atoms in total. The Hall–Kier alpha value is -1.09. The van der Waals surface area contributed by atoms with Crippen LogP contribution in [-0.4, -0.2) is 9.55 Å². The van der Waals surface area contributed by atoms with E-state index in [4.69, 9.17) is 12.2 Å². The molecule has 0 bridgehead atoms.